The lowest BCUT2D eigenvalue weighted by Crippen LogP contribution is -2.49. The molecule has 2 aliphatic carbocycles. The molecule has 4 heteroatoms. The zero-order valence-electron chi connectivity index (χ0n) is 28.3. The van der Waals surface area contributed by atoms with Crippen LogP contribution >= 0.6 is 0 Å². The highest BCUT2D eigenvalue weighted by Crippen LogP contribution is 2.54. The van der Waals surface area contributed by atoms with Crippen LogP contribution in [0.5, 0.6) is 0 Å². The van der Waals surface area contributed by atoms with Gasteiger partial charge in [0.1, 0.15) is 11.5 Å². The molecule has 40 heavy (non-hydrogen) atoms. The smallest absolute Gasteiger partial charge is 0.115 e. The van der Waals surface area contributed by atoms with Gasteiger partial charge in [0.05, 0.1) is 11.2 Å². The van der Waals surface area contributed by atoms with Gasteiger partial charge < -0.3 is 20.4 Å². The Labute approximate surface area is 246 Å². The molecule has 4 unspecified atom stereocenters. The van der Waals surface area contributed by atoms with E-state index in [-0.39, 0.29) is 33.5 Å². The van der Waals surface area contributed by atoms with Crippen LogP contribution in [0.15, 0.2) is 46.0 Å². The molecule has 230 valence electrons. The summed E-state index contributed by atoms with van der Waals surface area (Å²) in [6, 6.07) is 0. The minimum Gasteiger partial charge on any atom is -0.508 e. The van der Waals surface area contributed by atoms with E-state index in [1.165, 1.54) is 0 Å². The fourth-order valence-electron chi connectivity index (χ4n) is 8.25. The van der Waals surface area contributed by atoms with E-state index in [0.717, 1.165) is 60.8 Å². The number of hydrogen-bond acceptors (Lipinski definition) is 4. The van der Waals surface area contributed by atoms with Crippen molar-refractivity contribution in [3.63, 3.8) is 0 Å². The summed E-state index contributed by atoms with van der Waals surface area (Å²) in [5, 5.41) is 45.9. The van der Waals surface area contributed by atoms with Gasteiger partial charge in [0.2, 0.25) is 0 Å². The maximum atomic E-state index is 11.8. The molecule has 4 nitrogen and oxygen atoms in total. The van der Waals surface area contributed by atoms with E-state index in [1.54, 1.807) is 0 Å². The molecule has 0 radical (unpaired) electrons. The molecule has 0 bridgehead atoms. The fourth-order valence-corrected chi connectivity index (χ4v) is 8.25. The van der Waals surface area contributed by atoms with Gasteiger partial charge in [-0.25, -0.2) is 0 Å². The van der Waals surface area contributed by atoms with Crippen LogP contribution < -0.4 is 0 Å². The largest absolute Gasteiger partial charge is 0.508 e. The third kappa shape index (κ3) is 7.27. The lowest BCUT2D eigenvalue weighted by molar-refractivity contribution is -0.0190. The Kier molecular flexibility index (Phi) is 9.78. The predicted octanol–water partition coefficient (Wildman–Crippen LogP) is 9.75. The van der Waals surface area contributed by atoms with Crippen LogP contribution in [0.4, 0.5) is 0 Å². The Morgan fingerprint density at radius 2 is 0.825 bits per heavy atom. The maximum Gasteiger partial charge on any atom is 0.115 e. The number of allylic oxidation sites excluding steroid dienone is 2. The summed E-state index contributed by atoms with van der Waals surface area (Å²) in [5.74, 6) is 0.319. The zero-order chi connectivity index (χ0) is 31.3. The molecule has 4 atom stereocenters. The van der Waals surface area contributed by atoms with Gasteiger partial charge in [0.15, 0.2) is 0 Å². The molecule has 0 aromatic heterocycles. The van der Waals surface area contributed by atoms with Crippen molar-refractivity contribution in [2.24, 2.45) is 33.5 Å². The van der Waals surface area contributed by atoms with E-state index in [1.807, 2.05) is 26.0 Å². The molecule has 0 heterocycles. The van der Waals surface area contributed by atoms with Crippen LogP contribution in [0.2, 0.25) is 0 Å². The Hall–Kier alpha value is -1.52. The number of hydrogen-bond donors (Lipinski definition) is 4. The molecular formula is C36H62O4. The minimum atomic E-state index is -1.03. The summed E-state index contributed by atoms with van der Waals surface area (Å²) < 4.78 is 0. The Bertz CT molecular complexity index is 964. The molecule has 0 aromatic rings. The van der Waals surface area contributed by atoms with Gasteiger partial charge in [0.25, 0.3) is 0 Å². The molecule has 0 saturated carbocycles. The van der Waals surface area contributed by atoms with E-state index >= 15 is 0 Å². The number of aliphatic hydroxyl groups is 4. The van der Waals surface area contributed by atoms with E-state index < -0.39 is 11.2 Å². The van der Waals surface area contributed by atoms with Crippen LogP contribution in [0, 0.1) is 33.5 Å². The third-order valence-corrected chi connectivity index (χ3v) is 9.12. The zero-order valence-corrected chi connectivity index (χ0v) is 28.3. The number of aliphatic hydroxyl groups excluding tert-OH is 2. The SMILES string of the molecule is CC(C)(C)C1=CC(O)=C(CCCCCCC2=C(O)C=C(C(C)(C)C)C(C)(O)C2C(C)(C)C)C(C(C)(C)C)C1(C)O. The molecular weight excluding hydrogens is 496 g/mol. The van der Waals surface area contributed by atoms with Crippen molar-refractivity contribution < 1.29 is 20.4 Å². The van der Waals surface area contributed by atoms with Gasteiger partial charge in [0, 0.05) is 11.8 Å². The summed E-state index contributed by atoms with van der Waals surface area (Å²) in [6.45, 7) is 29.3. The van der Waals surface area contributed by atoms with Crippen molar-refractivity contribution in [3.8, 4) is 0 Å². The van der Waals surface area contributed by atoms with E-state index in [9.17, 15) is 20.4 Å². The van der Waals surface area contributed by atoms with Crippen molar-refractivity contribution in [1.29, 1.82) is 0 Å². The molecule has 0 spiro atoms. The summed E-state index contributed by atoms with van der Waals surface area (Å²) in [4.78, 5) is 0. The summed E-state index contributed by atoms with van der Waals surface area (Å²) >= 11 is 0. The maximum absolute atomic E-state index is 11.8. The second-order valence-electron chi connectivity index (χ2n) is 17.2. The Morgan fingerprint density at radius 1 is 0.550 bits per heavy atom. The second kappa shape index (κ2) is 11.3. The summed E-state index contributed by atoms with van der Waals surface area (Å²) in [5.41, 5.74) is 0.729. The highest BCUT2D eigenvalue weighted by atomic mass is 16.3. The lowest BCUT2D eigenvalue weighted by Gasteiger charge is -2.50. The highest BCUT2D eigenvalue weighted by molar-refractivity contribution is 5.43. The lowest BCUT2D eigenvalue weighted by atomic mass is 9.58. The van der Waals surface area contributed by atoms with Crippen molar-refractivity contribution in [3.05, 3.63) is 46.0 Å². The second-order valence-corrected chi connectivity index (χ2v) is 17.2. The standard InChI is InChI=1S/C36H62O4/c1-31(2,3)27-21-25(37)23(29(33(7,8)9)35(27,13)39)19-17-15-16-18-20-24-26(38)22-28(32(4,5)6)36(14,40)30(24)34(10,11)12/h21-22,29-30,37-40H,15-20H2,1-14H3. The first-order valence-electron chi connectivity index (χ1n) is 15.5. The van der Waals surface area contributed by atoms with Gasteiger partial charge >= 0.3 is 0 Å². The normalized spacial score (nSPS) is 29.1. The molecule has 0 aliphatic heterocycles. The average molecular weight is 559 g/mol. The molecule has 2 rings (SSSR count). The molecule has 4 N–H and O–H groups in total. The van der Waals surface area contributed by atoms with Crippen molar-refractivity contribution >= 4 is 0 Å². The first-order valence-corrected chi connectivity index (χ1v) is 15.5. The van der Waals surface area contributed by atoms with Crippen LogP contribution in [0.1, 0.15) is 135 Å². The van der Waals surface area contributed by atoms with Crippen LogP contribution in [-0.4, -0.2) is 31.6 Å². The van der Waals surface area contributed by atoms with Gasteiger partial charge in [-0.15, -0.1) is 0 Å². The quantitative estimate of drug-likeness (QED) is 0.234. The highest BCUT2D eigenvalue weighted by Gasteiger charge is 2.51. The Morgan fingerprint density at radius 3 is 1.05 bits per heavy atom. The van der Waals surface area contributed by atoms with E-state index in [2.05, 4.69) is 83.1 Å². The fraction of sp³-hybridized carbons (Fsp3) is 0.778. The van der Waals surface area contributed by atoms with Gasteiger partial charge in [-0.05, 0) is 95.6 Å². The van der Waals surface area contributed by atoms with Crippen molar-refractivity contribution in [1.82, 2.24) is 0 Å². The third-order valence-electron chi connectivity index (χ3n) is 9.12. The molecule has 0 aromatic carbocycles. The summed E-state index contributed by atoms with van der Waals surface area (Å²) in [6.07, 6.45) is 8.99. The molecule has 2 aliphatic rings. The van der Waals surface area contributed by atoms with Crippen LogP contribution in [0.3, 0.4) is 0 Å². The van der Waals surface area contributed by atoms with E-state index in [4.69, 9.17) is 0 Å². The number of rotatable bonds is 7. The minimum absolute atomic E-state index is 0.165. The van der Waals surface area contributed by atoms with Gasteiger partial charge in [-0.1, -0.05) is 95.9 Å². The molecule has 0 saturated heterocycles. The predicted molar refractivity (Wildman–Crippen MR) is 169 cm³/mol. The monoisotopic (exact) mass is 558 g/mol. The first kappa shape index (κ1) is 34.7. The topological polar surface area (TPSA) is 80.9 Å². The average Bonchev–Trinajstić information content (AvgIpc) is 2.70. The Balaban J connectivity index is 2.17. The number of unbranched alkanes of at least 4 members (excludes halogenated alkanes) is 3. The van der Waals surface area contributed by atoms with E-state index in [0.29, 0.717) is 11.5 Å². The van der Waals surface area contributed by atoms with Crippen LogP contribution in [0.25, 0.3) is 0 Å². The van der Waals surface area contributed by atoms with Crippen molar-refractivity contribution in [2.75, 3.05) is 0 Å². The molecule has 0 amide bonds. The summed E-state index contributed by atoms with van der Waals surface area (Å²) in [7, 11) is 0. The van der Waals surface area contributed by atoms with Gasteiger partial charge in [-0.2, -0.15) is 0 Å². The van der Waals surface area contributed by atoms with Crippen LogP contribution in [-0.2, 0) is 0 Å². The first-order chi connectivity index (χ1) is 17.7. The molecule has 0 fully saturated rings. The van der Waals surface area contributed by atoms with Gasteiger partial charge in [-0.3, -0.25) is 0 Å². The van der Waals surface area contributed by atoms with Crippen molar-refractivity contribution in [2.45, 2.75) is 147 Å².